The molecule has 0 aliphatic rings. The molecule has 0 spiro atoms. The van der Waals surface area contributed by atoms with Crippen LogP contribution in [0, 0.1) is 0 Å². The fourth-order valence-electron chi connectivity index (χ4n) is 2.21. The van der Waals surface area contributed by atoms with Gasteiger partial charge in [-0.2, -0.15) is 0 Å². The van der Waals surface area contributed by atoms with E-state index in [1.807, 2.05) is 0 Å². The van der Waals surface area contributed by atoms with Crippen LogP contribution < -0.4 is 10.6 Å². The van der Waals surface area contributed by atoms with Crippen molar-refractivity contribution in [1.29, 1.82) is 0 Å². The molecule has 0 aromatic heterocycles. The molecule has 2 rings (SSSR count). The summed E-state index contributed by atoms with van der Waals surface area (Å²) < 4.78 is 5.01. The van der Waals surface area contributed by atoms with Gasteiger partial charge in [-0.3, -0.25) is 4.99 Å². The van der Waals surface area contributed by atoms with E-state index in [0.29, 0.717) is 6.61 Å². The van der Waals surface area contributed by atoms with Crippen molar-refractivity contribution in [2.75, 3.05) is 33.9 Å². The van der Waals surface area contributed by atoms with Crippen LogP contribution in [0.25, 0.3) is 10.8 Å². The topological polar surface area (TPSA) is 45.7 Å². The third kappa shape index (κ3) is 5.81. The molecule has 0 aliphatic heterocycles. The second-order valence-electron chi connectivity index (χ2n) is 4.85. The van der Waals surface area contributed by atoms with E-state index in [1.165, 1.54) is 16.3 Å². The number of aliphatic imine (C=N–C) groups is 1. The lowest BCUT2D eigenvalue weighted by Crippen LogP contribution is -2.39. The van der Waals surface area contributed by atoms with Crippen molar-refractivity contribution in [2.45, 2.75) is 6.42 Å². The second kappa shape index (κ2) is 10.4. The number of methoxy groups -OCH3 is 1. The maximum Gasteiger partial charge on any atom is 0.191 e. The van der Waals surface area contributed by atoms with E-state index in [9.17, 15) is 0 Å². The van der Waals surface area contributed by atoms with Gasteiger partial charge in [0.1, 0.15) is 0 Å². The molecular formula is C17H24IN3O. The Balaban J connectivity index is 0.00000242. The maximum atomic E-state index is 5.01. The molecule has 4 nitrogen and oxygen atoms in total. The summed E-state index contributed by atoms with van der Waals surface area (Å²) in [6, 6.07) is 15.0. The summed E-state index contributed by atoms with van der Waals surface area (Å²) in [4.78, 5) is 4.18. The molecule has 0 bridgehead atoms. The molecule has 0 heterocycles. The van der Waals surface area contributed by atoms with Crippen LogP contribution >= 0.6 is 24.0 Å². The zero-order chi connectivity index (χ0) is 14.9. The number of fused-ring (bicyclic) bond motifs is 1. The number of nitrogens with one attached hydrogen (secondary N) is 2. The molecule has 22 heavy (non-hydrogen) atoms. The van der Waals surface area contributed by atoms with Crippen LogP contribution in [0.1, 0.15) is 5.56 Å². The minimum absolute atomic E-state index is 0. The van der Waals surface area contributed by atoms with Crippen molar-refractivity contribution >= 4 is 40.7 Å². The van der Waals surface area contributed by atoms with Gasteiger partial charge in [-0.25, -0.2) is 0 Å². The van der Waals surface area contributed by atoms with Gasteiger partial charge in [0, 0.05) is 27.2 Å². The number of rotatable bonds is 6. The Bertz CT molecular complexity index is 601. The number of halogens is 1. The SMILES string of the molecule is CN=C(NCCOC)NCCc1ccc2ccccc2c1.I. The predicted octanol–water partition coefficient (Wildman–Crippen LogP) is 2.81. The van der Waals surface area contributed by atoms with Gasteiger partial charge in [0.05, 0.1) is 6.61 Å². The summed E-state index contributed by atoms with van der Waals surface area (Å²) >= 11 is 0. The zero-order valence-electron chi connectivity index (χ0n) is 13.1. The van der Waals surface area contributed by atoms with E-state index in [0.717, 1.165) is 25.5 Å². The minimum Gasteiger partial charge on any atom is -0.383 e. The Morgan fingerprint density at radius 2 is 1.77 bits per heavy atom. The van der Waals surface area contributed by atoms with E-state index in [1.54, 1.807) is 14.2 Å². The Kier molecular flexibility index (Phi) is 8.84. The maximum absolute atomic E-state index is 5.01. The Hall–Kier alpha value is -1.34. The molecule has 0 radical (unpaired) electrons. The molecule has 2 N–H and O–H groups in total. The lowest BCUT2D eigenvalue weighted by molar-refractivity contribution is 0.203. The van der Waals surface area contributed by atoms with Gasteiger partial charge in [-0.05, 0) is 22.8 Å². The molecule has 0 unspecified atom stereocenters. The molecule has 2 aromatic carbocycles. The highest BCUT2D eigenvalue weighted by Crippen LogP contribution is 2.15. The van der Waals surface area contributed by atoms with E-state index in [4.69, 9.17) is 4.74 Å². The molecule has 0 saturated carbocycles. The zero-order valence-corrected chi connectivity index (χ0v) is 15.5. The second-order valence-corrected chi connectivity index (χ2v) is 4.85. The Labute approximate surface area is 149 Å². The van der Waals surface area contributed by atoms with Crippen molar-refractivity contribution in [3.63, 3.8) is 0 Å². The average molecular weight is 413 g/mol. The lowest BCUT2D eigenvalue weighted by atomic mass is 10.1. The third-order valence-electron chi connectivity index (χ3n) is 3.34. The van der Waals surface area contributed by atoms with Crippen molar-refractivity contribution < 1.29 is 4.74 Å². The standard InChI is InChI=1S/C17H23N3O.HI/c1-18-17(20-11-12-21-2)19-10-9-14-7-8-15-5-3-4-6-16(15)13-14;/h3-8,13H,9-12H2,1-2H3,(H2,18,19,20);1H. The predicted molar refractivity (Wildman–Crippen MR) is 104 cm³/mol. The van der Waals surface area contributed by atoms with E-state index in [-0.39, 0.29) is 24.0 Å². The molecule has 0 aliphatic carbocycles. The fourth-order valence-corrected chi connectivity index (χ4v) is 2.21. The molecule has 0 fully saturated rings. The van der Waals surface area contributed by atoms with E-state index >= 15 is 0 Å². The minimum atomic E-state index is 0. The highest BCUT2D eigenvalue weighted by atomic mass is 127. The molecule has 5 heteroatoms. The number of hydrogen-bond acceptors (Lipinski definition) is 2. The molecule has 2 aromatic rings. The summed E-state index contributed by atoms with van der Waals surface area (Å²) in [6.07, 6.45) is 0.968. The number of ether oxygens (including phenoxy) is 1. The summed E-state index contributed by atoms with van der Waals surface area (Å²) in [5.41, 5.74) is 1.33. The van der Waals surface area contributed by atoms with Crippen LogP contribution in [-0.4, -0.2) is 39.8 Å². The van der Waals surface area contributed by atoms with Crippen LogP contribution in [0.4, 0.5) is 0 Å². The van der Waals surface area contributed by atoms with Crippen molar-refractivity contribution in [2.24, 2.45) is 4.99 Å². The van der Waals surface area contributed by atoms with Crippen molar-refractivity contribution in [1.82, 2.24) is 10.6 Å². The fraction of sp³-hybridized carbons (Fsp3) is 0.353. The normalized spacial score (nSPS) is 11.1. The smallest absolute Gasteiger partial charge is 0.191 e. The molecule has 0 saturated heterocycles. The molecule has 120 valence electrons. The largest absolute Gasteiger partial charge is 0.383 e. The van der Waals surface area contributed by atoms with Gasteiger partial charge in [-0.1, -0.05) is 42.5 Å². The van der Waals surface area contributed by atoms with Crippen LogP contribution in [0.5, 0.6) is 0 Å². The van der Waals surface area contributed by atoms with Gasteiger partial charge < -0.3 is 15.4 Å². The van der Waals surface area contributed by atoms with Gasteiger partial charge in [0.15, 0.2) is 5.96 Å². The van der Waals surface area contributed by atoms with Crippen molar-refractivity contribution in [3.8, 4) is 0 Å². The number of benzene rings is 2. The molecule has 0 atom stereocenters. The van der Waals surface area contributed by atoms with Crippen LogP contribution in [-0.2, 0) is 11.2 Å². The van der Waals surface area contributed by atoms with Crippen molar-refractivity contribution in [3.05, 3.63) is 48.0 Å². The van der Waals surface area contributed by atoms with E-state index in [2.05, 4.69) is 58.1 Å². The summed E-state index contributed by atoms with van der Waals surface area (Å²) in [5.74, 6) is 0.813. The number of guanidine groups is 1. The molecular weight excluding hydrogens is 389 g/mol. The lowest BCUT2D eigenvalue weighted by Gasteiger charge is -2.11. The quantitative estimate of drug-likeness (QED) is 0.332. The number of hydrogen-bond donors (Lipinski definition) is 2. The van der Waals surface area contributed by atoms with Crippen LogP contribution in [0.3, 0.4) is 0 Å². The first-order chi connectivity index (χ1) is 10.3. The Morgan fingerprint density at radius 3 is 2.50 bits per heavy atom. The highest BCUT2D eigenvalue weighted by Gasteiger charge is 1.99. The third-order valence-corrected chi connectivity index (χ3v) is 3.34. The van der Waals surface area contributed by atoms with Gasteiger partial charge in [0.25, 0.3) is 0 Å². The highest BCUT2D eigenvalue weighted by molar-refractivity contribution is 14.0. The van der Waals surface area contributed by atoms with Crippen LogP contribution in [0.2, 0.25) is 0 Å². The first-order valence-electron chi connectivity index (χ1n) is 7.24. The van der Waals surface area contributed by atoms with Crippen LogP contribution in [0.15, 0.2) is 47.5 Å². The van der Waals surface area contributed by atoms with E-state index < -0.39 is 0 Å². The first kappa shape index (κ1) is 18.7. The monoisotopic (exact) mass is 413 g/mol. The summed E-state index contributed by atoms with van der Waals surface area (Å²) in [6.45, 7) is 2.28. The van der Waals surface area contributed by atoms with Gasteiger partial charge in [-0.15, -0.1) is 24.0 Å². The van der Waals surface area contributed by atoms with Gasteiger partial charge in [0.2, 0.25) is 0 Å². The summed E-state index contributed by atoms with van der Waals surface area (Å²) in [7, 11) is 3.47. The average Bonchev–Trinajstić information content (AvgIpc) is 2.53. The first-order valence-corrected chi connectivity index (χ1v) is 7.24. The Morgan fingerprint density at radius 1 is 1.05 bits per heavy atom. The molecule has 0 amide bonds. The van der Waals surface area contributed by atoms with Gasteiger partial charge >= 0.3 is 0 Å². The number of nitrogens with zero attached hydrogens (tertiary/aromatic N) is 1. The summed E-state index contributed by atoms with van der Waals surface area (Å²) in [5, 5.41) is 9.08.